The zero-order valence-corrected chi connectivity index (χ0v) is 14.2. The SMILES string of the molecule is CCOP(=O)(COCCNc1nc(N)[nH]c(=O)c1[N+](=O)[O-])OCC. The average molecular weight is 365 g/mol. The van der Waals surface area contributed by atoms with E-state index < -0.39 is 23.8 Å². The van der Waals surface area contributed by atoms with E-state index in [-0.39, 0.29) is 44.5 Å². The summed E-state index contributed by atoms with van der Waals surface area (Å²) >= 11 is 0. The molecule has 4 N–H and O–H groups in total. The molecule has 1 aromatic rings. The summed E-state index contributed by atoms with van der Waals surface area (Å²) in [5.41, 5.74) is 3.64. The van der Waals surface area contributed by atoms with Crippen LogP contribution in [-0.4, -0.2) is 47.6 Å². The highest BCUT2D eigenvalue weighted by Crippen LogP contribution is 2.47. The van der Waals surface area contributed by atoms with Crippen molar-refractivity contribution in [2.45, 2.75) is 13.8 Å². The van der Waals surface area contributed by atoms with Gasteiger partial charge in [0, 0.05) is 6.54 Å². The summed E-state index contributed by atoms with van der Waals surface area (Å²) in [4.78, 5) is 27.2. The molecule has 0 saturated carbocycles. The third-order valence-corrected chi connectivity index (χ3v) is 4.34. The lowest BCUT2D eigenvalue weighted by Crippen LogP contribution is -2.20. The molecule has 1 heterocycles. The molecule has 0 aliphatic heterocycles. The summed E-state index contributed by atoms with van der Waals surface area (Å²) in [6.45, 7) is 3.86. The van der Waals surface area contributed by atoms with Gasteiger partial charge in [-0.1, -0.05) is 0 Å². The first kappa shape index (κ1) is 20.0. The summed E-state index contributed by atoms with van der Waals surface area (Å²) in [5.74, 6) is -0.533. The molecule has 1 aromatic heterocycles. The highest BCUT2D eigenvalue weighted by atomic mass is 31.2. The second-order valence-corrected chi connectivity index (χ2v) is 6.31. The van der Waals surface area contributed by atoms with Gasteiger partial charge >= 0.3 is 18.8 Å². The van der Waals surface area contributed by atoms with Crippen LogP contribution >= 0.6 is 7.60 Å². The van der Waals surface area contributed by atoms with Gasteiger partial charge in [0.2, 0.25) is 11.8 Å². The van der Waals surface area contributed by atoms with Crippen LogP contribution in [0.3, 0.4) is 0 Å². The van der Waals surface area contributed by atoms with E-state index in [9.17, 15) is 19.5 Å². The van der Waals surface area contributed by atoms with E-state index in [4.69, 9.17) is 19.5 Å². The molecule has 0 saturated heterocycles. The predicted molar refractivity (Wildman–Crippen MR) is 86.1 cm³/mol. The maximum atomic E-state index is 12.1. The minimum absolute atomic E-state index is 0.0235. The number of nitrogens with zero attached hydrogens (tertiary/aromatic N) is 2. The van der Waals surface area contributed by atoms with E-state index in [1.54, 1.807) is 13.8 Å². The van der Waals surface area contributed by atoms with Crippen molar-refractivity contribution in [1.29, 1.82) is 0 Å². The molecule has 0 aliphatic rings. The number of aromatic amines is 1. The minimum Gasteiger partial charge on any atom is -0.369 e. The third kappa shape index (κ3) is 5.89. The molecule has 24 heavy (non-hydrogen) atoms. The lowest BCUT2D eigenvalue weighted by Gasteiger charge is -2.16. The molecule has 0 radical (unpaired) electrons. The molecule has 136 valence electrons. The topological polar surface area (TPSA) is 172 Å². The lowest BCUT2D eigenvalue weighted by molar-refractivity contribution is -0.385. The number of anilines is 2. The van der Waals surface area contributed by atoms with Gasteiger partial charge < -0.3 is 24.8 Å². The average Bonchev–Trinajstić information content (AvgIpc) is 2.46. The number of nitro groups is 1. The summed E-state index contributed by atoms with van der Waals surface area (Å²) < 4.78 is 27.4. The summed E-state index contributed by atoms with van der Waals surface area (Å²) in [6, 6.07) is 0. The molecule has 0 aromatic carbocycles. The van der Waals surface area contributed by atoms with Crippen molar-refractivity contribution in [3.8, 4) is 0 Å². The van der Waals surface area contributed by atoms with Crippen molar-refractivity contribution >= 4 is 25.0 Å². The van der Waals surface area contributed by atoms with E-state index in [0.29, 0.717) is 0 Å². The van der Waals surface area contributed by atoms with Crippen LogP contribution in [0.15, 0.2) is 4.79 Å². The van der Waals surface area contributed by atoms with Crippen LogP contribution in [0.25, 0.3) is 0 Å². The van der Waals surface area contributed by atoms with Crippen molar-refractivity contribution in [3.05, 3.63) is 20.5 Å². The fourth-order valence-corrected chi connectivity index (χ4v) is 3.06. The monoisotopic (exact) mass is 365 g/mol. The van der Waals surface area contributed by atoms with Crippen LogP contribution in [-0.2, 0) is 18.3 Å². The van der Waals surface area contributed by atoms with E-state index >= 15 is 0 Å². The molecule has 0 fully saturated rings. The van der Waals surface area contributed by atoms with Gasteiger partial charge in [-0.3, -0.25) is 24.5 Å². The predicted octanol–water partition coefficient (Wildman–Crippen LogP) is 0.912. The maximum Gasteiger partial charge on any atom is 0.375 e. The van der Waals surface area contributed by atoms with Crippen LogP contribution in [0.5, 0.6) is 0 Å². The van der Waals surface area contributed by atoms with Gasteiger partial charge in [0.05, 0.1) is 24.7 Å². The molecule has 13 heteroatoms. The van der Waals surface area contributed by atoms with Crippen LogP contribution in [0.4, 0.5) is 17.5 Å². The number of H-pyrrole nitrogens is 1. The van der Waals surface area contributed by atoms with Gasteiger partial charge in [-0.05, 0) is 13.8 Å². The van der Waals surface area contributed by atoms with Crippen LogP contribution in [0, 0.1) is 10.1 Å². The third-order valence-electron chi connectivity index (χ3n) is 2.54. The number of hydrogen-bond acceptors (Lipinski definition) is 10. The second kappa shape index (κ2) is 9.33. The quantitative estimate of drug-likeness (QED) is 0.221. The van der Waals surface area contributed by atoms with Gasteiger partial charge in [-0.25, -0.2) is 0 Å². The molecule has 12 nitrogen and oxygen atoms in total. The van der Waals surface area contributed by atoms with Gasteiger partial charge in [-0.15, -0.1) is 0 Å². The number of nitrogens with one attached hydrogen (secondary N) is 2. The molecular formula is C11H20N5O7P. The second-order valence-electron chi connectivity index (χ2n) is 4.32. The maximum absolute atomic E-state index is 12.1. The standard InChI is InChI=1S/C11H20N5O7P/c1-3-22-24(20,23-4-2)7-21-6-5-13-9-8(16(18)19)10(17)15-11(12)14-9/h3-7H2,1-2H3,(H4,12,13,14,15,17). The van der Waals surface area contributed by atoms with Crippen molar-refractivity contribution in [3.63, 3.8) is 0 Å². The Hall–Kier alpha value is -2.01. The number of aromatic nitrogens is 2. The summed E-state index contributed by atoms with van der Waals surface area (Å²) in [6.07, 6.45) is -0.261. The molecule has 0 spiro atoms. The fourth-order valence-electron chi connectivity index (χ4n) is 1.70. The summed E-state index contributed by atoms with van der Waals surface area (Å²) in [7, 11) is -3.32. The number of hydrogen-bond donors (Lipinski definition) is 3. The number of nitrogens with two attached hydrogens (primary N) is 1. The Balaban J connectivity index is 2.58. The Kier molecular flexibility index (Phi) is 7.79. The van der Waals surface area contributed by atoms with Crippen molar-refractivity contribution in [1.82, 2.24) is 9.97 Å². The molecule has 1 rings (SSSR count). The van der Waals surface area contributed by atoms with Gasteiger partial charge in [0.15, 0.2) is 0 Å². The summed E-state index contributed by atoms with van der Waals surface area (Å²) in [5, 5.41) is 13.5. The largest absolute Gasteiger partial charge is 0.375 e. The number of ether oxygens (including phenoxy) is 1. The molecule has 0 amide bonds. The van der Waals surface area contributed by atoms with Crippen LogP contribution in [0.2, 0.25) is 0 Å². The Morgan fingerprint density at radius 3 is 2.54 bits per heavy atom. The van der Waals surface area contributed by atoms with Gasteiger partial charge in [0.25, 0.3) is 0 Å². The number of nitrogen functional groups attached to an aromatic ring is 1. The van der Waals surface area contributed by atoms with Crippen LogP contribution < -0.4 is 16.6 Å². The highest BCUT2D eigenvalue weighted by Gasteiger charge is 2.24. The van der Waals surface area contributed by atoms with Crippen molar-refractivity contribution < 1.29 is 23.3 Å². The molecule has 0 bridgehead atoms. The van der Waals surface area contributed by atoms with Crippen molar-refractivity contribution in [2.24, 2.45) is 0 Å². The highest BCUT2D eigenvalue weighted by molar-refractivity contribution is 7.53. The zero-order chi connectivity index (χ0) is 18.2. The van der Waals surface area contributed by atoms with E-state index in [1.807, 2.05) is 4.98 Å². The zero-order valence-electron chi connectivity index (χ0n) is 13.3. The first-order valence-electron chi connectivity index (χ1n) is 7.07. The first-order valence-corrected chi connectivity index (χ1v) is 8.79. The smallest absolute Gasteiger partial charge is 0.369 e. The molecule has 0 atom stereocenters. The Bertz CT molecular complexity index is 655. The van der Waals surface area contributed by atoms with Gasteiger partial charge in [-0.2, -0.15) is 4.98 Å². The van der Waals surface area contributed by atoms with E-state index in [2.05, 4.69) is 10.3 Å². The Morgan fingerprint density at radius 1 is 1.38 bits per heavy atom. The lowest BCUT2D eigenvalue weighted by atomic mass is 10.4. The molecular weight excluding hydrogens is 345 g/mol. The minimum atomic E-state index is -3.32. The normalized spacial score (nSPS) is 11.4. The van der Waals surface area contributed by atoms with Crippen LogP contribution in [0.1, 0.15) is 13.8 Å². The van der Waals surface area contributed by atoms with Gasteiger partial charge in [0.1, 0.15) is 6.35 Å². The molecule has 0 unspecified atom stereocenters. The molecule has 0 aliphatic carbocycles. The number of rotatable bonds is 11. The van der Waals surface area contributed by atoms with E-state index in [1.165, 1.54) is 0 Å². The van der Waals surface area contributed by atoms with E-state index in [0.717, 1.165) is 0 Å². The first-order chi connectivity index (χ1) is 11.3. The fraction of sp³-hybridized carbons (Fsp3) is 0.636. The Morgan fingerprint density at radius 2 is 2.00 bits per heavy atom. The van der Waals surface area contributed by atoms with Crippen molar-refractivity contribution in [2.75, 3.05) is 43.8 Å². The Labute approximate surface area is 137 Å².